The molecule has 0 radical (unpaired) electrons. The number of nitrogens with one attached hydrogen (secondary N) is 1. The Morgan fingerprint density at radius 3 is 2.42 bits per heavy atom. The van der Waals surface area contributed by atoms with Gasteiger partial charge in [0, 0.05) is 13.6 Å². The minimum Gasteiger partial charge on any atom is -0.358 e. The number of nitrogens with zero attached hydrogens (tertiary/aromatic N) is 1. The molecule has 5 heteroatoms. The zero-order valence-electron chi connectivity index (χ0n) is 7.33. The zero-order chi connectivity index (χ0) is 9.56. The first-order valence-corrected chi connectivity index (χ1v) is 4.38. The maximum Gasteiger partial charge on any atom is 0.239 e. The van der Waals surface area contributed by atoms with Crippen molar-refractivity contribution in [2.75, 3.05) is 25.9 Å². The van der Waals surface area contributed by atoms with Crippen LogP contribution in [0.4, 0.5) is 0 Å². The molecule has 70 valence electrons. The molecule has 0 bridgehead atoms. The van der Waals surface area contributed by atoms with E-state index in [1.807, 2.05) is 6.92 Å². The van der Waals surface area contributed by atoms with E-state index in [1.165, 1.54) is 4.90 Å². The molecule has 0 fully saturated rings. The van der Waals surface area contributed by atoms with Crippen LogP contribution in [-0.2, 0) is 9.59 Å². The molecule has 0 atom stereocenters. The molecule has 1 N–H and O–H groups in total. The third kappa shape index (κ3) is 3.61. The smallest absolute Gasteiger partial charge is 0.239 e. The van der Waals surface area contributed by atoms with Crippen LogP contribution in [0.15, 0.2) is 0 Å². The Kier molecular flexibility index (Phi) is 5.53. The van der Waals surface area contributed by atoms with Crippen LogP contribution >= 0.6 is 12.6 Å². The van der Waals surface area contributed by atoms with Crippen LogP contribution in [-0.4, -0.2) is 42.6 Å². The lowest BCUT2D eigenvalue weighted by molar-refractivity contribution is -0.133. The van der Waals surface area contributed by atoms with Gasteiger partial charge in [-0.1, -0.05) is 0 Å². The number of hydrogen-bond acceptors (Lipinski definition) is 3. The normalized spacial score (nSPS) is 9.25. The summed E-state index contributed by atoms with van der Waals surface area (Å²) in [5, 5.41) is 2.45. The standard InChI is InChI=1S/C7H14N2O2S/c1-3-9(7(11)5-12)4-6(10)8-2/h12H,3-5H2,1-2H3,(H,8,10). The van der Waals surface area contributed by atoms with Crippen LogP contribution in [0.25, 0.3) is 0 Å². The summed E-state index contributed by atoms with van der Waals surface area (Å²) in [6.07, 6.45) is 0. The third-order valence-electron chi connectivity index (χ3n) is 1.48. The highest BCUT2D eigenvalue weighted by Gasteiger charge is 2.12. The van der Waals surface area contributed by atoms with E-state index in [9.17, 15) is 9.59 Å². The molecule has 0 rings (SSSR count). The first-order chi connectivity index (χ1) is 5.65. The Balaban J connectivity index is 3.99. The van der Waals surface area contributed by atoms with Gasteiger partial charge in [-0.15, -0.1) is 0 Å². The molecule has 0 unspecified atom stereocenters. The minimum absolute atomic E-state index is 0.117. The Morgan fingerprint density at radius 2 is 2.08 bits per heavy atom. The predicted molar refractivity (Wildman–Crippen MR) is 50.2 cm³/mol. The molecule has 0 aliphatic heterocycles. The van der Waals surface area contributed by atoms with Crippen molar-refractivity contribution >= 4 is 24.4 Å². The average molecular weight is 190 g/mol. The number of carbonyl (C=O) groups excluding carboxylic acids is 2. The van der Waals surface area contributed by atoms with Crippen molar-refractivity contribution in [2.24, 2.45) is 0 Å². The molecular formula is C7H14N2O2S. The van der Waals surface area contributed by atoms with Crippen LogP contribution in [0, 0.1) is 0 Å². The molecule has 12 heavy (non-hydrogen) atoms. The lowest BCUT2D eigenvalue weighted by Gasteiger charge is -2.18. The fourth-order valence-corrected chi connectivity index (χ4v) is 0.929. The number of thiol groups is 1. The average Bonchev–Trinajstić information content (AvgIpc) is 2.12. The molecule has 0 heterocycles. The maximum absolute atomic E-state index is 11.1. The lowest BCUT2D eigenvalue weighted by atomic mass is 10.4. The number of amides is 2. The molecule has 4 nitrogen and oxygen atoms in total. The summed E-state index contributed by atoms with van der Waals surface area (Å²) >= 11 is 3.84. The molecule has 0 aromatic rings. The number of rotatable bonds is 4. The van der Waals surface area contributed by atoms with Crippen LogP contribution in [0.3, 0.4) is 0 Å². The van der Waals surface area contributed by atoms with E-state index in [0.717, 1.165) is 0 Å². The third-order valence-corrected chi connectivity index (χ3v) is 1.75. The fraction of sp³-hybridized carbons (Fsp3) is 0.714. The summed E-state index contributed by atoms with van der Waals surface area (Å²) in [4.78, 5) is 23.4. The van der Waals surface area contributed by atoms with Crippen molar-refractivity contribution < 1.29 is 9.59 Å². The second-order valence-corrected chi connectivity index (χ2v) is 2.56. The Morgan fingerprint density at radius 1 is 1.50 bits per heavy atom. The molecule has 0 aliphatic carbocycles. The van der Waals surface area contributed by atoms with E-state index in [4.69, 9.17) is 0 Å². The van der Waals surface area contributed by atoms with Crippen molar-refractivity contribution in [1.82, 2.24) is 10.2 Å². The van der Waals surface area contributed by atoms with E-state index in [1.54, 1.807) is 7.05 Å². The number of likely N-dealkylation sites (N-methyl/N-ethyl adjacent to an activating group) is 2. The zero-order valence-corrected chi connectivity index (χ0v) is 8.23. The maximum atomic E-state index is 11.1. The van der Waals surface area contributed by atoms with Crippen molar-refractivity contribution in [3.63, 3.8) is 0 Å². The topological polar surface area (TPSA) is 49.4 Å². The summed E-state index contributed by atoms with van der Waals surface area (Å²) in [5.41, 5.74) is 0. The summed E-state index contributed by atoms with van der Waals surface area (Å²) in [6, 6.07) is 0. The van der Waals surface area contributed by atoms with Crippen LogP contribution in [0.2, 0.25) is 0 Å². The molecule has 0 aliphatic rings. The second kappa shape index (κ2) is 5.88. The number of carbonyl (C=O) groups is 2. The van der Waals surface area contributed by atoms with E-state index >= 15 is 0 Å². The highest BCUT2D eigenvalue weighted by atomic mass is 32.1. The summed E-state index contributed by atoms with van der Waals surface area (Å²) in [7, 11) is 1.54. The van der Waals surface area contributed by atoms with Gasteiger partial charge in [-0.25, -0.2) is 0 Å². The van der Waals surface area contributed by atoms with Gasteiger partial charge in [0.05, 0.1) is 12.3 Å². The van der Waals surface area contributed by atoms with Gasteiger partial charge in [-0.05, 0) is 6.92 Å². The van der Waals surface area contributed by atoms with Crippen LogP contribution in [0.5, 0.6) is 0 Å². The van der Waals surface area contributed by atoms with Gasteiger partial charge >= 0.3 is 0 Å². The van der Waals surface area contributed by atoms with E-state index in [0.29, 0.717) is 6.54 Å². The Bertz CT molecular complexity index is 173. The Labute approximate surface area is 77.7 Å². The molecule has 0 saturated carbocycles. The molecular weight excluding hydrogens is 176 g/mol. The van der Waals surface area contributed by atoms with Gasteiger partial charge < -0.3 is 10.2 Å². The quantitative estimate of drug-likeness (QED) is 0.588. The van der Waals surface area contributed by atoms with Crippen molar-refractivity contribution in [3.8, 4) is 0 Å². The van der Waals surface area contributed by atoms with Crippen molar-refractivity contribution in [1.29, 1.82) is 0 Å². The van der Waals surface area contributed by atoms with Gasteiger partial charge in [-0.2, -0.15) is 12.6 Å². The predicted octanol–water partition coefficient (Wildman–Crippen LogP) is -0.489. The largest absolute Gasteiger partial charge is 0.358 e. The van der Waals surface area contributed by atoms with Gasteiger partial charge in [0.2, 0.25) is 11.8 Å². The second-order valence-electron chi connectivity index (χ2n) is 2.24. The molecule has 0 aromatic heterocycles. The van der Waals surface area contributed by atoms with E-state index < -0.39 is 0 Å². The highest BCUT2D eigenvalue weighted by molar-refractivity contribution is 7.81. The van der Waals surface area contributed by atoms with Gasteiger partial charge in [0.25, 0.3) is 0 Å². The molecule has 0 saturated heterocycles. The monoisotopic (exact) mass is 190 g/mol. The SMILES string of the molecule is CCN(CC(=O)NC)C(=O)CS. The van der Waals surface area contributed by atoms with Gasteiger partial charge in [0.15, 0.2) is 0 Å². The fourth-order valence-electron chi connectivity index (χ4n) is 0.729. The first kappa shape index (κ1) is 11.3. The van der Waals surface area contributed by atoms with Crippen molar-refractivity contribution in [2.45, 2.75) is 6.92 Å². The van der Waals surface area contributed by atoms with E-state index in [2.05, 4.69) is 17.9 Å². The van der Waals surface area contributed by atoms with Gasteiger partial charge in [0.1, 0.15) is 0 Å². The van der Waals surface area contributed by atoms with Crippen LogP contribution < -0.4 is 5.32 Å². The first-order valence-electron chi connectivity index (χ1n) is 3.74. The number of hydrogen-bond donors (Lipinski definition) is 2. The summed E-state index contributed by atoms with van der Waals surface area (Å²) in [5.74, 6) is -0.137. The molecule has 0 spiro atoms. The highest BCUT2D eigenvalue weighted by Crippen LogP contribution is 1.90. The lowest BCUT2D eigenvalue weighted by Crippen LogP contribution is -2.40. The molecule has 2 amide bonds. The minimum atomic E-state index is -0.160. The summed E-state index contributed by atoms with van der Waals surface area (Å²) < 4.78 is 0. The van der Waals surface area contributed by atoms with E-state index in [-0.39, 0.29) is 24.1 Å². The van der Waals surface area contributed by atoms with Gasteiger partial charge in [-0.3, -0.25) is 9.59 Å². The summed E-state index contributed by atoms with van der Waals surface area (Å²) in [6.45, 7) is 2.48. The van der Waals surface area contributed by atoms with Crippen LogP contribution in [0.1, 0.15) is 6.92 Å². The Hall–Kier alpha value is -0.710. The molecule has 0 aromatic carbocycles. The van der Waals surface area contributed by atoms with Crippen molar-refractivity contribution in [3.05, 3.63) is 0 Å².